The predicted molar refractivity (Wildman–Crippen MR) is 93.8 cm³/mol. The maximum absolute atomic E-state index is 11.1. The lowest BCUT2D eigenvalue weighted by Gasteiger charge is -2.41. The van der Waals surface area contributed by atoms with E-state index in [9.17, 15) is 5.11 Å². The van der Waals surface area contributed by atoms with Gasteiger partial charge in [-0.2, -0.15) is 0 Å². The standard InChI is InChI=1S/C20H26N2O2/c1-20(9-7-14(24-2)8-10-20)19(23)11-17-15-5-3-4-6-16(15)18-12-21-13-22(17)18/h3-6,12-14,17,19,23H,7-11H2,1-2H3/t14-,17?,19?,20-. The lowest BCUT2D eigenvalue weighted by molar-refractivity contribution is -0.0392. The van der Waals surface area contributed by atoms with Crippen LogP contribution in [0.25, 0.3) is 11.3 Å². The zero-order chi connectivity index (χ0) is 16.7. The van der Waals surface area contributed by atoms with Gasteiger partial charge in [-0.05, 0) is 43.1 Å². The van der Waals surface area contributed by atoms with E-state index in [1.807, 2.05) is 12.5 Å². The molecular weight excluding hydrogens is 300 g/mol. The van der Waals surface area contributed by atoms with Gasteiger partial charge in [0.05, 0.1) is 36.5 Å². The number of benzene rings is 1. The number of fused-ring (bicyclic) bond motifs is 3. The van der Waals surface area contributed by atoms with Gasteiger partial charge in [-0.1, -0.05) is 31.2 Å². The fraction of sp³-hybridized carbons (Fsp3) is 0.550. The van der Waals surface area contributed by atoms with Crippen LogP contribution in [0.15, 0.2) is 36.8 Å². The Balaban J connectivity index is 1.55. The molecule has 2 heterocycles. The lowest BCUT2D eigenvalue weighted by Crippen LogP contribution is -2.39. The van der Waals surface area contributed by atoms with Gasteiger partial charge in [-0.25, -0.2) is 4.98 Å². The lowest BCUT2D eigenvalue weighted by atomic mass is 9.69. The van der Waals surface area contributed by atoms with Crippen LogP contribution in [0.1, 0.15) is 50.6 Å². The molecule has 2 aliphatic rings. The van der Waals surface area contributed by atoms with E-state index in [0.717, 1.165) is 37.8 Å². The molecule has 0 amide bonds. The van der Waals surface area contributed by atoms with Crippen LogP contribution < -0.4 is 0 Å². The van der Waals surface area contributed by atoms with Gasteiger partial charge in [-0.3, -0.25) is 0 Å². The molecule has 1 saturated carbocycles. The van der Waals surface area contributed by atoms with Crippen molar-refractivity contribution in [3.63, 3.8) is 0 Å². The van der Waals surface area contributed by atoms with Crippen molar-refractivity contribution in [2.45, 2.75) is 57.3 Å². The Bertz CT molecular complexity index is 716. The number of hydrogen-bond acceptors (Lipinski definition) is 3. The molecule has 1 aliphatic carbocycles. The molecule has 2 aromatic rings. The van der Waals surface area contributed by atoms with Crippen molar-refractivity contribution in [2.24, 2.45) is 5.41 Å². The summed E-state index contributed by atoms with van der Waals surface area (Å²) >= 11 is 0. The minimum absolute atomic E-state index is 0.0205. The number of aliphatic hydroxyl groups excluding tert-OH is 1. The highest BCUT2D eigenvalue weighted by Crippen LogP contribution is 2.46. The van der Waals surface area contributed by atoms with Crippen molar-refractivity contribution in [1.29, 1.82) is 0 Å². The molecule has 24 heavy (non-hydrogen) atoms. The molecule has 4 heteroatoms. The first-order valence-corrected chi connectivity index (χ1v) is 8.94. The summed E-state index contributed by atoms with van der Waals surface area (Å²) in [6, 6.07) is 8.68. The van der Waals surface area contributed by atoms with E-state index in [0.29, 0.717) is 6.10 Å². The van der Waals surface area contributed by atoms with Crippen molar-refractivity contribution in [2.75, 3.05) is 7.11 Å². The van der Waals surface area contributed by atoms with Crippen LogP contribution in [0.4, 0.5) is 0 Å². The van der Waals surface area contributed by atoms with Crippen molar-refractivity contribution >= 4 is 0 Å². The molecule has 4 nitrogen and oxygen atoms in total. The molecule has 1 aliphatic heterocycles. The van der Waals surface area contributed by atoms with Crippen molar-refractivity contribution < 1.29 is 9.84 Å². The SMILES string of the molecule is CO[C@H]1CC[C@](C)(C(O)CC2c3ccccc3-c3cncn32)CC1. The van der Waals surface area contributed by atoms with Gasteiger partial charge in [0.1, 0.15) is 0 Å². The van der Waals surface area contributed by atoms with Gasteiger partial charge < -0.3 is 14.4 Å². The molecule has 1 N–H and O–H groups in total. The van der Waals surface area contributed by atoms with Gasteiger partial charge >= 0.3 is 0 Å². The topological polar surface area (TPSA) is 47.3 Å². The van der Waals surface area contributed by atoms with Crippen LogP contribution in [0, 0.1) is 5.41 Å². The Labute approximate surface area is 143 Å². The Morgan fingerprint density at radius 2 is 2.08 bits per heavy atom. The molecule has 128 valence electrons. The quantitative estimate of drug-likeness (QED) is 0.929. The smallest absolute Gasteiger partial charge is 0.0956 e. The summed E-state index contributed by atoms with van der Waals surface area (Å²) in [6.07, 6.45) is 8.75. The number of hydrogen-bond donors (Lipinski definition) is 1. The van der Waals surface area contributed by atoms with E-state index in [-0.39, 0.29) is 17.6 Å². The van der Waals surface area contributed by atoms with Gasteiger partial charge in [-0.15, -0.1) is 0 Å². The number of rotatable bonds is 4. The first kappa shape index (κ1) is 15.9. The van der Waals surface area contributed by atoms with E-state index in [4.69, 9.17) is 4.74 Å². The number of imidazole rings is 1. The average molecular weight is 326 g/mol. The second kappa shape index (κ2) is 6.01. The molecular formula is C20H26N2O2. The second-order valence-electron chi connectivity index (χ2n) is 7.63. The minimum Gasteiger partial charge on any atom is -0.392 e. The third kappa shape index (κ3) is 2.49. The summed E-state index contributed by atoms with van der Waals surface area (Å²) in [5.41, 5.74) is 3.70. The molecule has 1 fully saturated rings. The van der Waals surface area contributed by atoms with E-state index in [2.05, 4.69) is 40.7 Å². The molecule has 1 aromatic heterocycles. The first-order valence-electron chi connectivity index (χ1n) is 8.94. The normalized spacial score (nSPS) is 30.0. The van der Waals surface area contributed by atoms with Crippen LogP contribution >= 0.6 is 0 Å². The fourth-order valence-corrected chi connectivity index (χ4v) is 4.49. The van der Waals surface area contributed by atoms with Crippen molar-refractivity contribution in [3.8, 4) is 11.3 Å². The molecule has 0 spiro atoms. The number of aliphatic hydroxyl groups is 1. The molecule has 4 rings (SSSR count). The summed E-state index contributed by atoms with van der Waals surface area (Å²) in [5, 5.41) is 11.1. The third-order valence-electron chi connectivity index (χ3n) is 6.26. The van der Waals surface area contributed by atoms with Gasteiger partial charge in [0, 0.05) is 12.7 Å². The summed E-state index contributed by atoms with van der Waals surface area (Å²) in [5.74, 6) is 0. The van der Waals surface area contributed by atoms with Gasteiger partial charge in [0.15, 0.2) is 0 Å². The number of aromatic nitrogens is 2. The Morgan fingerprint density at radius 1 is 1.33 bits per heavy atom. The van der Waals surface area contributed by atoms with Gasteiger partial charge in [0.2, 0.25) is 0 Å². The van der Waals surface area contributed by atoms with Crippen LogP contribution in [-0.2, 0) is 4.74 Å². The highest BCUT2D eigenvalue weighted by atomic mass is 16.5. The molecule has 2 atom stereocenters. The average Bonchev–Trinajstić information content (AvgIpc) is 3.18. The number of ether oxygens (including phenoxy) is 1. The summed E-state index contributed by atoms with van der Waals surface area (Å²) in [6.45, 7) is 2.24. The fourth-order valence-electron chi connectivity index (χ4n) is 4.49. The molecule has 0 bridgehead atoms. The maximum atomic E-state index is 11.1. The van der Waals surface area contributed by atoms with Crippen LogP contribution in [0.2, 0.25) is 0 Å². The van der Waals surface area contributed by atoms with Crippen molar-refractivity contribution in [1.82, 2.24) is 9.55 Å². The first-order chi connectivity index (χ1) is 11.6. The molecule has 0 radical (unpaired) electrons. The maximum Gasteiger partial charge on any atom is 0.0956 e. The summed E-state index contributed by atoms with van der Waals surface area (Å²) in [4.78, 5) is 4.32. The second-order valence-corrected chi connectivity index (χ2v) is 7.63. The molecule has 1 aromatic carbocycles. The van der Waals surface area contributed by atoms with Crippen LogP contribution in [-0.4, -0.2) is 34.0 Å². The largest absolute Gasteiger partial charge is 0.392 e. The predicted octanol–water partition coefficient (Wildman–Crippen LogP) is 3.80. The Kier molecular flexibility index (Phi) is 3.97. The summed E-state index contributed by atoms with van der Waals surface area (Å²) < 4.78 is 7.71. The monoisotopic (exact) mass is 326 g/mol. The van der Waals surface area contributed by atoms with Crippen LogP contribution in [0.3, 0.4) is 0 Å². The third-order valence-corrected chi connectivity index (χ3v) is 6.26. The van der Waals surface area contributed by atoms with E-state index >= 15 is 0 Å². The number of methoxy groups -OCH3 is 1. The number of nitrogens with zero attached hydrogens (tertiary/aromatic N) is 2. The Hall–Kier alpha value is -1.65. The van der Waals surface area contributed by atoms with E-state index in [1.165, 1.54) is 11.1 Å². The van der Waals surface area contributed by atoms with Crippen LogP contribution in [0.5, 0.6) is 0 Å². The van der Waals surface area contributed by atoms with Crippen molar-refractivity contribution in [3.05, 3.63) is 42.4 Å². The highest BCUT2D eigenvalue weighted by molar-refractivity contribution is 5.68. The molecule has 2 unspecified atom stereocenters. The Morgan fingerprint density at radius 3 is 2.83 bits per heavy atom. The highest BCUT2D eigenvalue weighted by Gasteiger charge is 2.40. The zero-order valence-electron chi connectivity index (χ0n) is 14.5. The zero-order valence-corrected chi connectivity index (χ0v) is 14.5. The summed E-state index contributed by atoms with van der Waals surface area (Å²) in [7, 11) is 1.79. The minimum atomic E-state index is -0.318. The van der Waals surface area contributed by atoms with E-state index in [1.54, 1.807) is 7.11 Å². The van der Waals surface area contributed by atoms with Gasteiger partial charge in [0.25, 0.3) is 0 Å². The van der Waals surface area contributed by atoms with E-state index < -0.39 is 0 Å². The molecule has 0 saturated heterocycles.